The minimum absolute atomic E-state index is 0.278. The number of nitrogens with two attached hydrogens (primary N) is 3. The number of carboxylic acids is 2. The molecule has 0 saturated carbocycles. The van der Waals surface area contributed by atoms with Gasteiger partial charge in [0.2, 0.25) is 5.91 Å². The van der Waals surface area contributed by atoms with Gasteiger partial charge in [0.25, 0.3) is 0 Å². The Labute approximate surface area is 145 Å². The van der Waals surface area contributed by atoms with Crippen molar-refractivity contribution in [1.29, 1.82) is 0 Å². The van der Waals surface area contributed by atoms with E-state index in [2.05, 4.69) is 21.0 Å². The van der Waals surface area contributed by atoms with Crippen molar-refractivity contribution in [2.45, 2.75) is 37.8 Å². The number of aliphatic carboxylic acids is 2. The van der Waals surface area contributed by atoms with Crippen molar-refractivity contribution in [3.8, 4) is 0 Å². The number of nitrogens with zero attached hydrogens (tertiary/aromatic N) is 1. The van der Waals surface area contributed by atoms with Crippen LogP contribution in [-0.4, -0.2) is 63.2 Å². The molecule has 11 nitrogen and oxygen atoms in total. The lowest BCUT2D eigenvalue weighted by Crippen LogP contribution is -2.49. The lowest BCUT2D eigenvalue weighted by atomic mass is 10.1. The molecule has 1 heterocycles. The largest absolute Gasteiger partial charge is 0.480 e. The highest BCUT2D eigenvalue weighted by Crippen LogP contribution is 2.02. The zero-order chi connectivity index (χ0) is 19.2. The molecule has 25 heavy (non-hydrogen) atoms. The number of hydrogen-bond acceptors (Lipinski definition) is 7. The molecular formula is C14H26N6O5. The van der Waals surface area contributed by atoms with Crippen molar-refractivity contribution in [3.63, 3.8) is 0 Å². The van der Waals surface area contributed by atoms with Crippen LogP contribution >= 0.6 is 0 Å². The Bertz CT molecular complexity index is 522. The third-order valence-corrected chi connectivity index (χ3v) is 3.07. The van der Waals surface area contributed by atoms with Crippen LogP contribution in [0, 0.1) is 0 Å². The first-order valence-electron chi connectivity index (χ1n) is 7.69. The van der Waals surface area contributed by atoms with Crippen LogP contribution in [-0.2, 0) is 20.8 Å². The van der Waals surface area contributed by atoms with E-state index in [0.29, 0.717) is 19.4 Å². The number of rotatable bonds is 10. The van der Waals surface area contributed by atoms with Crippen LogP contribution in [0.4, 0.5) is 0 Å². The lowest BCUT2D eigenvalue weighted by molar-refractivity contribution is -0.142. The molecule has 0 aliphatic rings. The molecule has 0 bridgehead atoms. The Morgan fingerprint density at radius 1 is 1.24 bits per heavy atom. The van der Waals surface area contributed by atoms with E-state index in [9.17, 15) is 14.4 Å². The van der Waals surface area contributed by atoms with Gasteiger partial charge >= 0.3 is 11.9 Å². The fourth-order valence-corrected chi connectivity index (χ4v) is 1.75. The van der Waals surface area contributed by atoms with Gasteiger partial charge in [-0.2, -0.15) is 0 Å². The van der Waals surface area contributed by atoms with Crippen LogP contribution in [0.5, 0.6) is 0 Å². The number of hydrogen-bond donors (Lipinski definition) is 7. The van der Waals surface area contributed by atoms with Crippen LogP contribution in [0.3, 0.4) is 0 Å². The monoisotopic (exact) mass is 358 g/mol. The van der Waals surface area contributed by atoms with Gasteiger partial charge in [-0.1, -0.05) is 0 Å². The maximum Gasteiger partial charge on any atom is 0.326 e. The molecule has 0 spiro atoms. The molecule has 0 aliphatic heterocycles. The average molecular weight is 358 g/mol. The number of H-pyrrole nitrogens is 1. The molecule has 0 aromatic carbocycles. The summed E-state index contributed by atoms with van der Waals surface area (Å²) >= 11 is 0. The van der Waals surface area contributed by atoms with Crippen molar-refractivity contribution in [2.24, 2.45) is 17.2 Å². The second-order valence-electron chi connectivity index (χ2n) is 5.17. The minimum Gasteiger partial charge on any atom is -0.480 e. The second kappa shape index (κ2) is 12.9. The van der Waals surface area contributed by atoms with Crippen molar-refractivity contribution >= 4 is 17.8 Å². The average Bonchev–Trinajstić information content (AvgIpc) is 3.07. The van der Waals surface area contributed by atoms with E-state index in [1.165, 1.54) is 6.33 Å². The summed E-state index contributed by atoms with van der Waals surface area (Å²) in [5, 5.41) is 19.1. The smallest absolute Gasteiger partial charge is 0.326 e. The maximum atomic E-state index is 11.9. The molecule has 1 aromatic rings. The summed E-state index contributed by atoms with van der Waals surface area (Å²) in [7, 11) is 0. The van der Waals surface area contributed by atoms with Crippen LogP contribution in [0.15, 0.2) is 12.5 Å². The predicted octanol–water partition coefficient (Wildman–Crippen LogP) is -1.99. The van der Waals surface area contributed by atoms with Gasteiger partial charge in [0.1, 0.15) is 6.04 Å². The molecule has 0 unspecified atom stereocenters. The third kappa shape index (κ3) is 10.8. The fourth-order valence-electron chi connectivity index (χ4n) is 1.75. The highest BCUT2D eigenvalue weighted by molar-refractivity contribution is 5.86. The summed E-state index contributed by atoms with van der Waals surface area (Å²) in [4.78, 5) is 38.8. The Balaban J connectivity index is 0.00000101. The van der Waals surface area contributed by atoms with E-state index >= 15 is 0 Å². The summed E-state index contributed by atoms with van der Waals surface area (Å²) in [5.41, 5.74) is 16.4. The zero-order valence-electron chi connectivity index (χ0n) is 13.9. The molecule has 0 radical (unpaired) electrons. The number of imidazole rings is 1. The van der Waals surface area contributed by atoms with E-state index in [1.54, 1.807) is 6.20 Å². The number of carbonyl (C=O) groups is 3. The van der Waals surface area contributed by atoms with Crippen LogP contribution in [0.25, 0.3) is 0 Å². The Hall–Kier alpha value is -2.50. The molecule has 10 N–H and O–H groups in total. The van der Waals surface area contributed by atoms with Crippen molar-refractivity contribution < 1.29 is 24.6 Å². The topological polar surface area (TPSA) is 210 Å². The molecule has 1 amide bonds. The van der Waals surface area contributed by atoms with E-state index in [1.807, 2.05) is 0 Å². The first-order chi connectivity index (χ1) is 11.8. The van der Waals surface area contributed by atoms with Crippen LogP contribution in [0.2, 0.25) is 0 Å². The first kappa shape index (κ1) is 22.5. The molecule has 0 aliphatic carbocycles. The van der Waals surface area contributed by atoms with Gasteiger partial charge in [-0.3, -0.25) is 9.59 Å². The molecule has 1 rings (SSSR count). The maximum absolute atomic E-state index is 11.9. The molecule has 0 saturated heterocycles. The molecule has 2 atom stereocenters. The summed E-state index contributed by atoms with van der Waals surface area (Å²) in [6, 6.07) is -1.74. The molecule has 142 valence electrons. The second-order valence-corrected chi connectivity index (χ2v) is 5.17. The quantitative estimate of drug-likeness (QED) is 0.230. The highest BCUT2D eigenvalue weighted by Gasteiger charge is 2.23. The van der Waals surface area contributed by atoms with Gasteiger partial charge < -0.3 is 37.7 Å². The van der Waals surface area contributed by atoms with Gasteiger partial charge in [0.05, 0.1) is 18.9 Å². The Morgan fingerprint density at radius 2 is 1.88 bits per heavy atom. The minimum atomic E-state index is -1.07. The number of carboxylic acid groups (broad SMARTS) is 2. The van der Waals surface area contributed by atoms with Crippen LogP contribution < -0.4 is 22.5 Å². The van der Waals surface area contributed by atoms with Gasteiger partial charge in [0.15, 0.2) is 0 Å². The number of nitrogens with one attached hydrogen (secondary N) is 2. The molecule has 0 fully saturated rings. The molecular weight excluding hydrogens is 332 g/mol. The van der Waals surface area contributed by atoms with Crippen molar-refractivity contribution in [1.82, 2.24) is 15.3 Å². The molecule has 1 aromatic heterocycles. The van der Waals surface area contributed by atoms with E-state index in [-0.39, 0.29) is 13.0 Å². The van der Waals surface area contributed by atoms with Gasteiger partial charge in [-0.15, -0.1) is 0 Å². The number of aromatic nitrogens is 2. The third-order valence-electron chi connectivity index (χ3n) is 3.07. The number of carbonyl (C=O) groups excluding carboxylic acids is 1. The first-order valence-corrected chi connectivity index (χ1v) is 7.69. The van der Waals surface area contributed by atoms with E-state index < -0.39 is 29.9 Å². The number of amides is 1. The van der Waals surface area contributed by atoms with Gasteiger partial charge in [-0.05, 0) is 25.8 Å². The van der Waals surface area contributed by atoms with E-state index in [0.717, 1.165) is 12.1 Å². The highest BCUT2D eigenvalue weighted by atomic mass is 16.4. The summed E-state index contributed by atoms with van der Waals surface area (Å²) < 4.78 is 0. The standard InChI is InChI=1S/C12H21N5O3.C2H5NO2/c13-4-2-1-3-10(12(19)20)17-11(18)9(14)5-8-6-15-7-16-8;3-1-2(4)5/h6-7,9-10H,1-5,13-14H2,(H,15,16)(H,17,18)(H,19,20);1,3H2,(H,4,5)/t9-,10-;/m0./s1. The zero-order valence-corrected chi connectivity index (χ0v) is 13.9. The Morgan fingerprint density at radius 3 is 2.32 bits per heavy atom. The summed E-state index contributed by atoms with van der Waals surface area (Å²) in [5.74, 6) is -2.52. The van der Waals surface area contributed by atoms with Gasteiger partial charge in [0, 0.05) is 18.3 Å². The van der Waals surface area contributed by atoms with Gasteiger partial charge in [-0.25, -0.2) is 9.78 Å². The predicted molar refractivity (Wildman–Crippen MR) is 89.4 cm³/mol. The van der Waals surface area contributed by atoms with E-state index in [4.69, 9.17) is 21.7 Å². The summed E-state index contributed by atoms with van der Waals surface area (Å²) in [6.45, 7) is 0.222. The normalized spacial score (nSPS) is 12.4. The lowest BCUT2D eigenvalue weighted by Gasteiger charge is -2.17. The fraction of sp³-hybridized carbons (Fsp3) is 0.571. The van der Waals surface area contributed by atoms with Crippen LogP contribution in [0.1, 0.15) is 25.0 Å². The number of aromatic amines is 1. The molecule has 11 heteroatoms. The van der Waals surface area contributed by atoms with Crippen molar-refractivity contribution in [3.05, 3.63) is 18.2 Å². The SMILES string of the molecule is NCC(=O)O.NCCCC[C@H](NC(=O)[C@@H](N)Cc1cnc[nH]1)C(=O)O. The Kier molecular flexibility index (Phi) is 11.6. The summed E-state index contributed by atoms with van der Waals surface area (Å²) in [6.07, 6.45) is 5.05. The van der Waals surface area contributed by atoms with Crippen molar-refractivity contribution in [2.75, 3.05) is 13.1 Å². The number of unbranched alkanes of at least 4 members (excludes halogenated alkanes) is 1.